The number of rotatable bonds is 3. The van der Waals surface area contributed by atoms with Crippen LogP contribution in [0.15, 0.2) is 0 Å². The van der Waals surface area contributed by atoms with Crippen molar-refractivity contribution in [3.05, 3.63) is 0 Å². The molecule has 1 rings (SSSR count). The largest absolute Gasteiger partial charge is 0.328 e. The van der Waals surface area contributed by atoms with Gasteiger partial charge in [0.1, 0.15) is 0 Å². The highest BCUT2D eigenvalue weighted by Gasteiger charge is 2.18. The van der Waals surface area contributed by atoms with E-state index in [4.69, 9.17) is 5.73 Å². The summed E-state index contributed by atoms with van der Waals surface area (Å²) >= 11 is 0. The molecule has 0 aromatic rings. The molecule has 0 bridgehead atoms. The maximum atomic E-state index is 5.83. The molecule has 0 spiro atoms. The van der Waals surface area contributed by atoms with Gasteiger partial charge in [-0.2, -0.15) is 0 Å². The molecule has 0 aromatic heterocycles. The van der Waals surface area contributed by atoms with Crippen LogP contribution in [0.5, 0.6) is 0 Å². The van der Waals surface area contributed by atoms with Gasteiger partial charge in [0.15, 0.2) is 0 Å². The van der Waals surface area contributed by atoms with Gasteiger partial charge in [-0.05, 0) is 39.0 Å². The fraction of sp³-hybridized carbons (Fsp3) is 1.00. The van der Waals surface area contributed by atoms with E-state index in [1.54, 1.807) is 0 Å². The van der Waals surface area contributed by atoms with E-state index in [1.165, 1.54) is 32.1 Å². The SMILES string of the molecule is CCC(C)NC1CCC(N)CC1. The zero-order valence-electron chi connectivity index (χ0n) is 8.34. The zero-order valence-corrected chi connectivity index (χ0v) is 8.34. The number of hydrogen-bond donors (Lipinski definition) is 2. The lowest BCUT2D eigenvalue weighted by molar-refractivity contribution is 0.317. The number of hydrogen-bond acceptors (Lipinski definition) is 2. The molecule has 0 saturated heterocycles. The van der Waals surface area contributed by atoms with Gasteiger partial charge in [0, 0.05) is 18.1 Å². The maximum Gasteiger partial charge on any atom is 0.00706 e. The Morgan fingerprint density at radius 2 is 1.92 bits per heavy atom. The van der Waals surface area contributed by atoms with Crippen LogP contribution in [0.4, 0.5) is 0 Å². The molecule has 1 saturated carbocycles. The van der Waals surface area contributed by atoms with Crippen LogP contribution in [0.3, 0.4) is 0 Å². The summed E-state index contributed by atoms with van der Waals surface area (Å²) in [5, 5.41) is 3.63. The Morgan fingerprint density at radius 3 is 2.42 bits per heavy atom. The second kappa shape index (κ2) is 4.83. The Balaban J connectivity index is 2.17. The Hall–Kier alpha value is -0.0800. The van der Waals surface area contributed by atoms with E-state index in [0.29, 0.717) is 12.1 Å². The summed E-state index contributed by atoms with van der Waals surface area (Å²) < 4.78 is 0. The fourth-order valence-corrected chi connectivity index (χ4v) is 1.81. The average molecular weight is 170 g/mol. The topological polar surface area (TPSA) is 38.0 Å². The minimum Gasteiger partial charge on any atom is -0.328 e. The predicted octanol–water partition coefficient (Wildman–Crippen LogP) is 1.64. The summed E-state index contributed by atoms with van der Waals surface area (Å²) in [7, 11) is 0. The third-order valence-corrected chi connectivity index (χ3v) is 2.90. The lowest BCUT2D eigenvalue weighted by atomic mass is 9.91. The van der Waals surface area contributed by atoms with Crippen molar-refractivity contribution in [2.45, 2.75) is 64.1 Å². The molecule has 3 N–H and O–H groups in total. The van der Waals surface area contributed by atoms with Gasteiger partial charge in [-0.3, -0.25) is 0 Å². The zero-order chi connectivity index (χ0) is 8.97. The molecule has 2 heteroatoms. The average Bonchev–Trinajstić information content (AvgIpc) is 2.09. The molecule has 1 aliphatic rings. The molecule has 1 atom stereocenters. The monoisotopic (exact) mass is 170 g/mol. The van der Waals surface area contributed by atoms with E-state index >= 15 is 0 Å². The number of nitrogens with two attached hydrogens (primary N) is 1. The lowest BCUT2D eigenvalue weighted by Gasteiger charge is -2.29. The summed E-state index contributed by atoms with van der Waals surface area (Å²) in [6, 6.07) is 1.88. The summed E-state index contributed by atoms with van der Waals surface area (Å²) in [5.74, 6) is 0. The first kappa shape index (κ1) is 10.0. The minimum absolute atomic E-state index is 0.472. The third-order valence-electron chi connectivity index (χ3n) is 2.90. The van der Waals surface area contributed by atoms with Gasteiger partial charge in [-0.1, -0.05) is 6.92 Å². The molecule has 0 radical (unpaired) electrons. The first-order chi connectivity index (χ1) is 5.72. The van der Waals surface area contributed by atoms with E-state index in [-0.39, 0.29) is 0 Å². The Bertz CT molecular complexity index is 117. The molecule has 0 aliphatic heterocycles. The van der Waals surface area contributed by atoms with Crippen molar-refractivity contribution in [3.8, 4) is 0 Å². The van der Waals surface area contributed by atoms with Crippen molar-refractivity contribution < 1.29 is 0 Å². The summed E-state index contributed by atoms with van der Waals surface area (Å²) in [6.45, 7) is 4.49. The molecule has 2 nitrogen and oxygen atoms in total. The van der Waals surface area contributed by atoms with Crippen LogP contribution in [0, 0.1) is 0 Å². The van der Waals surface area contributed by atoms with Crippen molar-refractivity contribution in [2.24, 2.45) is 5.73 Å². The molecule has 1 aliphatic carbocycles. The summed E-state index contributed by atoms with van der Waals surface area (Å²) in [5.41, 5.74) is 5.83. The Kier molecular flexibility index (Phi) is 4.02. The van der Waals surface area contributed by atoms with Crippen molar-refractivity contribution in [2.75, 3.05) is 0 Å². The van der Waals surface area contributed by atoms with E-state index in [1.807, 2.05) is 0 Å². The molecule has 72 valence electrons. The standard InChI is InChI=1S/C10H22N2/c1-3-8(2)12-10-6-4-9(11)5-7-10/h8-10,12H,3-7,11H2,1-2H3. The van der Waals surface area contributed by atoms with E-state index in [2.05, 4.69) is 19.2 Å². The molecular weight excluding hydrogens is 148 g/mol. The van der Waals surface area contributed by atoms with Gasteiger partial charge in [0.2, 0.25) is 0 Å². The van der Waals surface area contributed by atoms with Crippen LogP contribution in [0.1, 0.15) is 46.0 Å². The molecule has 1 fully saturated rings. The normalized spacial score (nSPS) is 33.2. The molecule has 1 unspecified atom stereocenters. The van der Waals surface area contributed by atoms with Gasteiger partial charge in [-0.25, -0.2) is 0 Å². The van der Waals surface area contributed by atoms with Gasteiger partial charge in [-0.15, -0.1) is 0 Å². The maximum absolute atomic E-state index is 5.83. The van der Waals surface area contributed by atoms with Crippen molar-refractivity contribution in [1.29, 1.82) is 0 Å². The van der Waals surface area contributed by atoms with Gasteiger partial charge < -0.3 is 11.1 Å². The van der Waals surface area contributed by atoms with Crippen LogP contribution >= 0.6 is 0 Å². The van der Waals surface area contributed by atoms with Crippen LogP contribution in [0.25, 0.3) is 0 Å². The quantitative estimate of drug-likeness (QED) is 0.676. The minimum atomic E-state index is 0.472. The highest BCUT2D eigenvalue weighted by atomic mass is 14.9. The second-order valence-electron chi connectivity index (χ2n) is 4.09. The predicted molar refractivity (Wildman–Crippen MR) is 53.1 cm³/mol. The second-order valence-corrected chi connectivity index (χ2v) is 4.09. The molecule has 12 heavy (non-hydrogen) atoms. The fourth-order valence-electron chi connectivity index (χ4n) is 1.81. The summed E-state index contributed by atoms with van der Waals surface area (Å²) in [4.78, 5) is 0. The number of nitrogens with one attached hydrogen (secondary N) is 1. The van der Waals surface area contributed by atoms with Crippen molar-refractivity contribution in [3.63, 3.8) is 0 Å². The van der Waals surface area contributed by atoms with Gasteiger partial charge >= 0.3 is 0 Å². The summed E-state index contributed by atoms with van der Waals surface area (Å²) in [6.07, 6.45) is 6.17. The van der Waals surface area contributed by atoms with E-state index in [9.17, 15) is 0 Å². The highest BCUT2D eigenvalue weighted by molar-refractivity contribution is 4.80. The molecule has 0 amide bonds. The molecule has 0 heterocycles. The first-order valence-corrected chi connectivity index (χ1v) is 5.24. The molecular formula is C10H22N2. The van der Waals surface area contributed by atoms with Crippen LogP contribution in [0.2, 0.25) is 0 Å². The van der Waals surface area contributed by atoms with E-state index in [0.717, 1.165) is 6.04 Å². The van der Waals surface area contributed by atoms with Gasteiger partial charge in [0.05, 0.1) is 0 Å². The Morgan fingerprint density at radius 1 is 1.33 bits per heavy atom. The molecule has 0 aromatic carbocycles. The Labute approximate surface area is 75.9 Å². The van der Waals surface area contributed by atoms with E-state index < -0.39 is 0 Å². The smallest absolute Gasteiger partial charge is 0.00706 e. The lowest BCUT2D eigenvalue weighted by Crippen LogP contribution is -2.41. The van der Waals surface area contributed by atoms with Gasteiger partial charge in [0.25, 0.3) is 0 Å². The van der Waals surface area contributed by atoms with Crippen molar-refractivity contribution in [1.82, 2.24) is 5.32 Å². The van der Waals surface area contributed by atoms with Crippen LogP contribution in [-0.2, 0) is 0 Å². The first-order valence-electron chi connectivity index (χ1n) is 5.24. The van der Waals surface area contributed by atoms with Crippen LogP contribution < -0.4 is 11.1 Å². The highest BCUT2D eigenvalue weighted by Crippen LogP contribution is 2.17. The van der Waals surface area contributed by atoms with Crippen molar-refractivity contribution >= 4 is 0 Å². The third kappa shape index (κ3) is 3.11. The van der Waals surface area contributed by atoms with Crippen LogP contribution in [-0.4, -0.2) is 18.1 Å².